The van der Waals surface area contributed by atoms with E-state index in [1.54, 1.807) is 0 Å². The molecule has 1 unspecified atom stereocenters. The third-order valence-electron chi connectivity index (χ3n) is 5.55. The summed E-state index contributed by atoms with van der Waals surface area (Å²) in [5.74, 6) is 0.449. The molecule has 1 fully saturated rings. The lowest BCUT2D eigenvalue weighted by Crippen LogP contribution is -2.34. The van der Waals surface area contributed by atoms with E-state index >= 15 is 0 Å². The van der Waals surface area contributed by atoms with Crippen molar-refractivity contribution in [1.82, 2.24) is 9.80 Å². The lowest BCUT2D eigenvalue weighted by atomic mass is 9.84. The Morgan fingerprint density at radius 2 is 1.75 bits per heavy atom. The molecular formula is C22H29Cl2N3O. The fraction of sp³-hybridized carbons (Fsp3) is 0.409. The number of likely N-dealkylation sites (N-methyl/N-ethyl adjacent to an activating group) is 1. The summed E-state index contributed by atoms with van der Waals surface area (Å²) in [5.41, 5.74) is 4.90. The van der Waals surface area contributed by atoms with E-state index in [9.17, 15) is 4.79 Å². The van der Waals surface area contributed by atoms with Crippen molar-refractivity contribution < 1.29 is 4.79 Å². The molecule has 1 amide bonds. The molecule has 0 radical (unpaired) electrons. The summed E-state index contributed by atoms with van der Waals surface area (Å²) >= 11 is 0. The second-order valence-electron chi connectivity index (χ2n) is 7.56. The number of likely N-dealkylation sites (tertiary alicyclic amines) is 1. The number of benzene rings is 2. The number of nitrogens with zero attached hydrogens (tertiary/aromatic N) is 2. The highest BCUT2D eigenvalue weighted by atomic mass is 35.5. The van der Waals surface area contributed by atoms with Gasteiger partial charge in [0, 0.05) is 24.7 Å². The summed E-state index contributed by atoms with van der Waals surface area (Å²) < 4.78 is 0. The van der Waals surface area contributed by atoms with Gasteiger partial charge in [0.05, 0.1) is 6.54 Å². The molecule has 0 spiro atoms. The normalized spacial score (nSPS) is 19.2. The highest BCUT2D eigenvalue weighted by Gasteiger charge is 2.27. The van der Waals surface area contributed by atoms with Crippen LogP contribution in [0.25, 0.3) is 0 Å². The van der Waals surface area contributed by atoms with E-state index in [1.165, 1.54) is 29.5 Å². The van der Waals surface area contributed by atoms with Crippen molar-refractivity contribution in [2.45, 2.75) is 25.3 Å². The minimum atomic E-state index is 0. The number of carbonyl (C=O) groups is 1. The van der Waals surface area contributed by atoms with Crippen LogP contribution in [-0.4, -0.2) is 48.9 Å². The SMILES string of the molecule is CN1Cc2c(NC(=O)CN3CCCC3)cccc2C(c2ccccc2)C1.Cl.Cl. The van der Waals surface area contributed by atoms with Crippen molar-refractivity contribution in [3.63, 3.8) is 0 Å². The van der Waals surface area contributed by atoms with Gasteiger partial charge in [0.2, 0.25) is 5.91 Å². The molecule has 2 aromatic rings. The summed E-state index contributed by atoms with van der Waals surface area (Å²) in [4.78, 5) is 17.1. The number of nitrogens with one attached hydrogen (secondary N) is 1. The number of rotatable bonds is 4. The van der Waals surface area contributed by atoms with Crippen LogP contribution in [0.1, 0.15) is 35.4 Å². The average Bonchev–Trinajstić information content (AvgIpc) is 3.15. The maximum atomic E-state index is 12.5. The van der Waals surface area contributed by atoms with Gasteiger partial charge < -0.3 is 10.2 Å². The molecule has 4 rings (SSSR count). The molecule has 152 valence electrons. The van der Waals surface area contributed by atoms with Crippen LogP contribution >= 0.6 is 24.8 Å². The van der Waals surface area contributed by atoms with Crippen LogP contribution in [0.4, 0.5) is 5.69 Å². The summed E-state index contributed by atoms with van der Waals surface area (Å²) in [6, 6.07) is 17.0. The number of hydrogen-bond donors (Lipinski definition) is 1. The first kappa shape index (κ1) is 22.7. The molecule has 0 bridgehead atoms. The monoisotopic (exact) mass is 421 g/mol. The van der Waals surface area contributed by atoms with Crippen LogP contribution in [-0.2, 0) is 11.3 Å². The van der Waals surface area contributed by atoms with Gasteiger partial charge in [-0.25, -0.2) is 0 Å². The lowest BCUT2D eigenvalue weighted by Gasteiger charge is -2.34. The summed E-state index contributed by atoms with van der Waals surface area (Å²) in [6.07, 6.45) is 2.41. The van der Waals surface area contributed by atoms with Crippen molar-refractivity contribution in [3.8, 4) is 0 Å². The van der Waals surface area contributed by atoms with Crippen molar-refractivity contribution >= 4 is 36.4 Å². The van der Waals surface area contributed by atoms with Crippen molar-refractivity contribution in [2.24, 2.45) is 0 Å². The van der Waals surface area contributed by atoms with Crippen LogP contribution in [0.15, 0.2) is 48.5 Å². The van der Waals surface area contributed by atoms with Crippen molar-refractivity contribution in [1.29, 1.82) is 0 Å². The van der Waals surface area contributed by atoms with Crippen LogP contribution in [0.5, 0.6) is 0 Å². The molecule has 0 aliphatic carbocycles. The Morgan fingerprint density at radius 1 is 1.04 bits per heavy atom. The largest absolute Gasteiger partial charge is 0.325 e. The van der Waals surface area contributed by atoms with Gasteiger partial charge in [-0.1, -0.05) is 42.5 Å². The van der Waals surface area contributed by atoms with Crippen molar-refractivity contribution in [2.75, 3.05) is 38.5 Å². The molecule has 6 heteroatoms. The Kier molecular flexibility index (Phi) is 8.32. The molecular weight excluding hydrogens is 393 g/mol. The number of halogens is 2. The number of amides is 1. The average molecular weight is 422 g/mol. The Bertz CT molecular complexity index is 779. The first-order valence-electron chi connectivity index (χ1n) is 9.58. The second kappa shape index (κ2) is 10.3. The third kappa shape index (κ3) is 5.06. The van der Waals surface area contributed by atoms with Crippen molar-refractivity contribution in [3.05, 3.63) is 65.2 Å². The van der Waals surface area contributed by atoms with E-state index < -0.39 is 0 Å². The molecule has 4 nitrogen and oxygen atoms in total. The van der Waals surface area contributed by atoms with E-state index in [2.05, 4.69) is 64.6 Å². The zero-order chi connectivity index (χ0) is 17.9. The lowest BCUT2D eigenvalue weighted by molar-refractivity contribution is -0.117. The van der Waals surface area contributed by atoms with Gasteiger partial charge in [0.1, 0.15) is 0 Å². The highest BCUT2D eigenvalue weighted by molar-refractivity contribution is 5.93. The number of fused-ring (bicyclic) bond motifs is 1. The standard InChI is InChI=1S/C22H27N3O.2ClH/c1-24-14-19(17-8-3-2-4-9-17)18-10-7-11-21(20(18)15-24)23-22(26)16-25-12-5-6-13-25;;/h2-4,7-11,19H,5-6,12-16H2,1H3,(H,23,26);2*1H. The Labute approximate surface area is 180 Å². The topological polar surface area (TPSA) is 35.6 Å². The number of carbonyl (C=O) groups excluding carboxylic acids is 1. The van der Waals surface area contributed by atoms with Crippen LogP contribution in [0, 0.1) is 0 Å². The first-order valence-corrected chi connectivity index (χ1v) is 9.58. The van der Waals surface area contributed by atoms with Crippen LogP contribution in [0.2, 0.25) is 0 Å². The van der Waals surface area contributed by atoms with E-state index in [1.807, 2.05) is 6.07 Å². The minimum absolute atomic E-state index is 0. The minimum Gasteiger partial charge on any atom is -0.325 e. The highest BCUT2D eigenvalue weighted by Crippen LogP contribution is 2.36. The predicted octanol–water partition coefficient (Wildman–Crippen LogP) is 4.14. The molecule has 1 saturated heterocycles. The first-order chi connectivity index (χ1) is 12.7. The molecule has 2 aliphatic rings. The van der Waals surface area contributed by atoms with Gasteiger partial charge >= 0.3 is 0 Å². The molecule has 2 heterocycles. The van der Waals surface area contributed by atoms with Gasteiger partial charge in [-0.3, -0.25) is 9.69 Å². The molecule has 28 heavy (non-hydrogen) atoms. The van der Waals surface area contributed by atoms with Gasteiger partial charge in [0.25, 0.3) is 0 Å². The van der Waals surface area contributed by atoms with Crippen LogP contribution in [0.3, 0.4) is 0 Å². The van der Waals surface area contributed by atoms with Gasteiger partial charge in [0.15, 0.2) is 0 Å². The Morgan fingerprint density at radius 3 is 2.46 bits per heavy atom. The van der Waals surface area contributed by atoms with Crippen LogP contribution < -0.4 is 5.32 Å². The molecule has 0 aromatic heterocycles. The fourth-order valence-electron chi connectivity index (χ4n) is 4.27. The summed E-state index contributed by atoms with van der Waals surface area (Å²) in [5, 5.41) is 3.18. The fourth-order valence-corrected chi connectivity index (χ4v) is 4.27. The zero-order valence-electron chi connectivity index (χ0n) is 16.3. The van der Waals surface area contributed by atoms with Gasteiger partial charge in [-0.05, 0) is 55.7 Å². The van der Waals surface area contributed by atoms with E-state index in [-0.39, 0.29) is 30.7 Å². The Balaban J connectivity index is 0.00000140. The number of anilines is 1. The maximum absolute atomic E-state index is 12.5. The molecule has 1 atom stereocenters. The predicted molar refractivity (Wildman–Crippen MR) is 120 cm³/mol. The van der Waals surface area contributed by atoms with E-state index in [0.29, 0.717) is 12.5 Å². The maximum Gasteiger partial charge on any atom is 0.238 e. The quantitative estimate of drug-likeness (QED) is 0.805. The van der Waals surface area contributed by atoms with E-state index in [4.69, 9.17) is 0 Å². The molecule has 2 aliphatic heterocycles. The molecule has 2 aromatic carbocycles. The third-order valence-corrected chi connectivity index (χ3v) is 5.55. The Hall–Kier alpha value is -1.59. The second-order valence-corrected chi connectivity index (χ2v) is 7.56. The van der Waals surface area contributed by atoms with Gasteiger partial charge in [-0.15, -0.1) is 24.8 Å². The van der Waals surface area contributed by atoms with E-state index in [0.717, 1.165) is 31.9 Å². The number of hydrogen-bond acceptors (Lipinski definition) is 3. The summed E-state index contributed by atoms with van der Waals surface area (Å²) in [6.45, 7) is 4.46. The zero-order valence-corrected chi connectivity index (χ0v) is 17.9. The molecule has 0 saturated carbocycles. The molecule has 1 N–H and O–H groups in total. The van der Waals surface area contributed by atoms with Gasteiger partial charge in [-0.2, -0.15) is 0 Å². The summed E-state index contributed by atoms with van der Waals surface area (Å²) in [7, 11) is 2.15. The smallest absolute Gasteiger partial charge is 0.238 e.